The van der Waals surface area contributed by atoms with Crippen LogP contribution in [0.15, 0.2) is 30.5 Å². The van der Waals surface area contributed by atoms with Crippen molar-refractivity contribution in [2.75, 3.05) is 25.3 Å². The largest absolute Gasteiger partial charge is 0.478 e. The molecular weight excluding hydrogens is 360 g/mol. The van der Waals surface area contributed by atoms with Crippen LogP contribution in [0.2, 0.25) is 0 Å². The van der Waals surface area contributed by atoms with Gasteiger partial charge in [-0.2, -0.15) is 0 Å². The summed E-state index contributed by atoms with van der Waals surface area (Å²) >= 11 is 0. The van der Waals surface area contributed by atoms with Crippen molar-refractivity contribution < 1.29 is 24.5 Å². The van der Waals surface area contributed by atoms with Gasteiger partial charge in [0.05, 0.1) is 5.69 Å². The van der Waals surface area contributed by atoms with Gasteiger partial charge >= 0.3 is 5.97 Å². The molecule has 0 bridgehead atoms. The fraction of sp³-hybridized carbons (Fsp3) is 0.429. The Kier molecular flexibility index (Phi) is 5.45. The number of aliphatic hydroxyl groups is 1. The zero-order valence-corrected chi connectivity index (χ0v) is 15.6. The van der Waals surface area contributed by atoms with Crippen molar-refractivity contribution in [3.05, 3.63) is 47.2 Å². The lowest BCUT2D eigenvalue weighted by atomic mass is 9.90. The first-order valence-corrected chi connectivity index (χ1v) is 9.62. The van der Waals surface area contributed by atoms with Crippen molar-refractivity contribution in [3.63, 3.8) is 0 Å². The predicted octanol–water partition coefficient (Wildman–Crippen LogP) is 3.62. The minimum Gasteiger partial charge on any atom is -0.478 e. The van der Waals surface area contributed by atoms with Crippen molar-refractivity contribution in [3.8, 4) is 5.75 Å². The van der Waals surface area contributed by atoms with E-state index in [1.54, 1.807) is 18.3 Å². The molecule has 1 aliphatic carbocycles. The Bertz CT molecular complexity index is 860. The number of aromatic carboxylic acids is 1. The molecule has 0 radical (unpaired) electrons. The number of hydrogen-bond acceptors (Lipinski definition) is 6. The highest BCUT2D eigenvalue weighted by molar-refractivity contribution is 5.94. The van der Waals surface area contributed by atoms with Crippen LogP contribution in [0.4, 0.5) is 11.5 Å². The standard InChI is InChI=1S/C21H24N2O5/c24-12-28-19-16(14-6-8-27-9-7-14)2-1-3-18(19)23-20-17(21(25)26)10-15(11-22-20)13-4-5-13/h1-3,10-11,13-14,24H,4-9,12H2,(H,22,23)(H,25,26). The summed E-state index contributed by atoms with van der Waals surface area (Å²) in [4.78, 5) is 16.1. The monoisotopic (exact) mass is 384 g/mol. The van der Waals surface area contributed by atoms with Crippen LogP contribution in [0, 0.1) is 0 Å². The highest BCUT2D eigenvalue weighted by Crippen LogP contribution is 2.42. The van der Waals surface area contributed by atoms with Crippen molar-refractivity contribution >= 4 is 17.5 Å². The zero-order valence-electron chi connectivity index (χ0n) is 15.6. The number of rotatable bonds is 7. The van der Waals surface area contributed by atoms with Gasteiger partial charge in [-0.1, -0.05) is 12.1 Å². The molecule has 28 heavy (non-hydrogen) atoms. The predicted molar refractivity (Wildman–Crippen MR) is 103 cm³/mol. The third-order valence-corrected chi connectivity index (χ3v) is 5.36. The van der Waals surface area contributed by atoms with Gasteiger partial charge in [-0.05, 0) is 60.8 Å². The molecule has 1 aromatic carbocycles. The Morgan fingerprint density at radius 1 is 1.21 bits per heavy atom. The molecule has 2 aromatic rings. The summed E-state index contributed by atoms with van der Waals surface area (Å²) in [5.41, 5.74) is 2.67. The molecule has 2 heterocycles. The zero-order chi connectivity index (χ0) is 19.5. The molecule has 0 spiro atoms. The van der Waals surface area contributed by atoms with Crippen LogP contribution < -0.4 is 10.1 Å². The van der Waals surface area contributed by atoms with Crippen molar-refractivity contribution in [2.24, 2.45) is 0 Å². The third kappa shape index (κ3) is 3.95. The lowest BCUT2D eigenvalue weighted by Gasteiger charge is -2.25. The number of carbonyl (C=O) groups is 1. The Morgan fingerprint density at radius 2 is 2.00 bits per heavy atom. The molecule has 1 saturated heterocycles. The molecule has 0 atom stereocenters. The highest BCUT2D eigenvalue weighted by Gasteiger charge is 2.27. The second-order valence-electron chi connectivity index (χ2n) is 7.25. The van der Waals surface area contributed by atoms with Gasteiger partial charge in [0.25, 0.3) is 0 Å². The number of ether oxygens (including phenoxy) is 2. The van der Waals surface area contributed by atoms with Gasteiger partial charge in [0.15, 0.2) is 6.79 Å². The first kappa shape index (κ1) is 18.7. The molecule has 7 nitrogen and oxygen atoms in total. The van der Waals surface area contributed by atoms with E-state index >= 15 is 0 Å². The maximum atomic E-state index is 11.8. The highest BCUT2D eigenvalue weighted by atomic mass is 16.6. The molecular formula is C21H24N2O5. The first-order chi connectivity index (χ1) is 13.7. The lowest BCUT2D eigenvalue weighted by molar-refractivity contribution is 0.0697. The summed E-state index contributed by atoms with van der Waals surface area (Å²) < 4.78 is 11.0. The topological polar surface area (TPSA) is 101 Å². The molecule has 4 rings (SSSR count). The first-order valence-electron chi connectivity index (χ1n) is 9.62. The second kappa shape index (κ2) is 8.16. The summed E-state index contributed by atoms with van der Waals surface area (Å²) in [7, 11) is 0. The Morgan fingerprint density at radius 3 is 2.68 bits per heavy atom. The normalized spacial score (nSPS) is 17.3. The van der Waals surface area contributed by atoms with E-state index in [1.165, 1.54) is 0 Å². The number of aromatic nitrogens is 1. The number of carboxylic acids is 1. The Balaban J connectivity index is 1.68. The number of pyridine rings is 1. The van der Waals surface area contributed by atoms with Crippen LogP contribution >= 0.6 is 0 Å². The quantitative estimate of drug-likeness (QED) is 0.627. The van der Waals surface area contributed by atoms with E-state index in [0.717, 1.165) is 36.8 Å². The summed E-state index contributed by atoms with van der Waals surface area (Å²) in [5.74, 6) is 0.457. The van der Waals surface area contributed by atoms with Crippen molar-refractivity contribution in [2.45, 2.75) is 37.5 Å². The van der Waals surface area contributed by atoms with Gasteiger partial charge in [0.1, 0.15) is 17.1 Å². The number of nitrogens with zero attached hydrogens (tertiary/aromatic N) is 1. The molecule has 0 amide bonds. The van der Waals surface area contributed by atoms with Gasteiger partial charge in [-0.15, -0.1) is 0 Å². The van der Waals surface area contributed by atoms with Gasteiger partial charge in [0.2, 0.25) is 0 Å². The minimum absolute atomic E-state index is 0.135. The molecule has 2 aliphatic rings. The van der Waals surface area contributed by atoms with E-state index in [1.807, 2.05) is 12.1 Å². The number of benzene rings is 1. The fourth-order valence-corrected chi connectivity index (χ4v) is 3.72. The van der Waals surface area contributed by atoms with E-state index in [9.17, 15) is 15.0 Å². The summed E-state index contributed by atoms with van der Waals surface area (Å²) in [5, 5.41) is 22.1. The Labute approximate surface area is 163 Å². The number of carboxylic acid groups (broad SMARTS) is 1. The molecule has 7 heteroatoms. The number of aliphatic hydroxyl groups excluding tert-OH is 1. The summed E-state index contributed by atoms with van der Waals surface area (Å²) in [6.07, 6.45) is 5.64. The maximum Gasteiger partial charge on any atom is 0.339 e. The number of nitrogens with one attached hydrogen (secondary N) is 1. The summed E-state index contributed by atoms with van der Waals surface area (Å²) in [6, 6.07) is 7.38. The van der Waals surface area contributed by atoms with Crippen molar-refractivity contribution in [1.82, 2.24) is 4.98 Å². The van der Waals surface area contributed by atoms with E-state index in [-0.39, 0.29) is 17.3 Å². The van der Waals surface area contributed by atoms with Crippen LogP contribution in [-0.4, -0.2) is 41.2 Å². The second-order valence-corrected chi connectivity index (χ2v) is 7.25. The smallest absolute Gasteiger partial charge is 0.339 e. The van der Waals surface area contributed by atoms with E-state index in [4.69, 9.17) is 9.47 Å². The number of anilines is 2. The van der Waals surface area contributed by atoms with Gasteiger partial charge in [-0.25, -0.2) is 9.78 Å². The molecule has 148 valence electrons. The van der Waals surface area contributed by atoms with Gasteiger partial charge in [0, 0.05) is 19.4 Å². The van der Waals surface area contributed by atoms with E-state index in [2.05, 4.69) is 10.3 Å². The van der Waals surface area contributed by atoms with Gasteiger partial charge in [-0.3, -0.25) is 0 Å². The van der Waals surface area contributed by atoms with E-state index < -0.39 is 12.8 Å². The number of hydrogen-bond donors (Lipinski definition) is 3. The minimum atomic E-state index is -1.03. The molecule has 3 N–H and O–H groups in total. The number of para-hydroxylation sites is 1. The van der Waals surface area contributed by atoms with Gasteiger partial charge < -0.3 is 25.0 Å². The lowest BCUT2D eigenvalue weighted by Crippen LogP contribution is -2.16. The Hall–Kier alpha value is -2.64. The SMILES string of the molecule is O=C(O)c1cc(C2CC2)cnc1Nc1cccc(C2CCOCC2)c1OCO. The average molecular weight is 384 g/mol. The van der Waals surface area contributed by atoms with Crippen LogP contribution in [-0.2, 0) is 4.74 Å². The molecule has 1 aromatic heterocycles. The molecule has 1 aliphatic heterocycles. The van der Waals surface area contributed by atoms with Crippen molar-refractivity contribution in [1.29, 1.82) is 0 Å². The van der Waals surface area contributed by atoms with Crippen LogP contribution in [0.5, 0.6) is 5.75 Å². The van der Waals surface area contributed by atoms with Crippen LogP contribution in [0.1, 0.15) is 59.0 Å². The van der Waals surface area contributed by atoms with Crippen LogP contribution in [0.25, 0.3) is 0 Å². The van der Waals surface area contributed by atoms with E-state index in [0.29, 0.717) is 30.6 Å². The maximum absolute atomic E-state index is 11.8. The molecule has 2 fully saturated rings. The van der Waals surface area contributed by atoms with Crippen LogP contribution in [0.3, 0.4) is 0 Å². The molecule has 1 saturated carbocycles. The molecule has 0 unspecified atom stereocenters. The fourth-order valence-electron chi connectivity index (χ4n) is 3.72. The third-order valence-electron chi connectivity index (χ3n) is 5.36. The summed E-state index contributed by atoms with van der Waals surface area (Å²) in [6.45, 7) is 0.914. The average Bonchev–Trinajstić information content (AvgIpc) is 3.55.